The van der Waals surface area contributed by atoms with Gasteiger partial charge in [-0.25, -0.2) is 0 Å². The number of halogens is 1. The van der Waals surface area contributed by atoms with Gasteiger partial charge in [0.2, 0.25) is 0 Å². The lowest BCUT2D eigenvalue weighted by Crippen LogP contribution is -2.30. The highest BCUT2D eigenvalue weighted by Gasteiger charge is 2.20. The second kappa shape index (κ2) is 4.20. The van der Waals surface area contributed by atoms with E-state index in [2.05, 4.69) is 31.0 Å². The maximum absolute atomic E-state index is 5.77. The standard InChI is InChI=1S/C11H16N2.ClH/c1-8-11-7-10(12)4-3-9(11)5-6-13(8)2;/h3-4,7-8H,5-6,12H2,1-2H3;1H. The van der Waals surface area contributed by atoms with Gasteiger partial charge in [0.15, 0.2) is 0 Å². The molecule has 0 aliphatic carbocycles. The highest BCUT2D eigenvalue weighted by atomic mass is 35.5. The Morgan fingerprint density at radius 1 is 1.43 bits per heavy atom. The van der Waals surface area contributed by atoms with Crippen molar-refractivity contribution in [2.24, 2.45) is 0 Å². The molecule has 1 atom stereocenters. The van der Waals surface area contributed by atoms with Gasteiger partial charge in [0.05, 0.1) is 0 Å². The Labute approximate surface area is 91.5 Å². The third-order valence-corrected chi connectivity index (χ3v) is 3.02. The van der Waals surface area contributed by atoms with Gasteiger partial charge in [-0.15, -0.1) is 12.4 Å². The van der Waals surface area contributed by atoms with E-state index in [1.54, 1.807) is 0 Å². The van der Waals surface area contributed by atoms with Gasteiger partial charge in [0.25, 0.3) is 0 Å². The maximum Gasteiger partial charge on any atom is 0.0320 e. The minimum absolute atomic E-state index is 0. The molecule has 0 radical (unpaired) electrons. The molecule has 1 aliphatic rings. The van der Waals surface area contributed by atoms with Crippen LogP contribution in [0.25, 0.3) is 0 Å². The van der Waals surface area contributed by atoms with Gasteiger partial charge in [-0.3, -0.25) is 4.90 Å². The largest absolute Gasteiger partial charge is 0.399 e. The second-order valence-electron chi connectivity index (χ2n) is 3.86. The van der Waals surface area contributed by atoms with Gasteiger partial charge in [0, 0.05) is 18.3 Å². The molecule has 1 heterocycles. The molecule has 1 aromatic rings. The normalized spacial score (nSPS) is 21.1. The average Bonchev–Trinajstić information content (AvgIpc) is 2.12. The average molecular weight is 213 g/mol. The fraction of sp³-hybridized carbons (Fsp3) is 0.455. The van der Waals surface area contributed by atoms with Crippen LogP contribution < -0.4 is 5.73 Å². The van der Waals surface area contributed by atoms with Gasteiger partial charge in [-0.05, 0) is 43.7 Å². The first-order valence-corrected chi connectivity index (χ1v) is 4.77. The summed E-state index contributed by atoms with van der Waals surface area (Å²) < 4.78 is 0. The topological polar surface area (TPSA) is 29.3 Å². The number of hydrogen-bond donors (Lipinski definition) is 1. The first-order chi connectivity index (χ1) is 6.18. The Bertz CT molecular complexity index is 325. The molecular weight excluding hydrogens is 196 g/mol. The SMILES string of the molecule is CC1c2cc(N)ccc2CCN1C.Cl. The van der Waals surface area contributed by atoms with Crippen molar-refractivity contribution >= 4 is 18.1 Å². The summed E-state index contributed by atoms with van der Waals surface area (Å²) in [7, 11) is 2.16. The van der Waals surface area contributed by atoms with Gasteiger partial charge in [0.1, 0.15) is 0 Å². The third-order valence-electron chi connectivity index (χ3n) is 3.02. The van der Waals surface area contributed by atoms with Crippen molar-refractivity contribution in [3.05, 3.63) is 29.3 Å². The zero-order chi connectivity index (χ0) is 9.42. The predicted molar refractivity (Wildman–Crippen MR) is 62.9 cm³/mol. The van der Waals surface area contributed by atoms with E-state index in [1.165, 1.54) is 11.1 Å². The van der Waals surface area contributed by atoms with Crippen molar-refractivity contribution in [3.63, 3.8) is 0 Å². The Hall–Kier alpha value is -0.730. The summed E-state index contributed by atoms with van der Waals surface area (Å²) in [6, 6.07) is 6.77. The predicted octanol–water partition coefficient (Wildman–Crippen LogP) is 2.24. The second-order valence-corrected chi connectivity index (χ2v) is 3.86. The first kappa shape index (κ1) is 11.3. The molecule has 0 bridgehead atoms. The van der Waals surface area contributed by atoms with E-state index in [9.17, 15) is 0 Å². The molecule has 1 aromatic carbocycles. The number of hydrogen-bond acceptors (Lipinski definition) is 2. The number of benzene rings is 1. The lowest BCUT2D eigenvalue weighted by molar-refractivity contribution is 0.247. The molecule has 2 N–H and O–H groups in total. The molecule has 78 valence electrons. The third kappa shape index (κ3) is 1.86. The monoisotopic (exact) mass is 212 g/mol. The number of rotatable bonds is 0. The Morgan fingerprint density at radius 3 is 2.86 bits per heavy atom. The Balaban J connectivity index is 0.000000980. The number of nitrogens with zero attached hydrogens (tertiary/aromatic N) is 1. The molecule has 0 amide bonds. The van der Waals surface area contributed by atoms with Crippen molar-refractivity contribution in [3.8, 4) is 0 Å². The van der Waals surface area contributed by atoms with Crippen LogP contribution in [0.3, 0.4) is 0 Å². The van der Waals surface area contributed by atoms with E-state index in [0.717, 1.165) is 18.7 Å². The summed E-state index contributed by atoms with van der Waals surface area (Å²) in [6.07, 6.45) is 1.15. The number of likely N-dealkylation sites (N-methyl/N-ethyl adjacent to an activating group) is 1. The first-order valence-electron chi connectivity index (χ1n) is 4.77. The molecule has 0 saturated heterocycles. The number of fused-ring (bicyclic) bond motifs is 1. The lowest BCUT2D eigenvalue weighted by Gasteiger charge is -2.32. The van der Waals surface area contributed by atoms with E-state index in [4.69, 9.17) is 5.73 Å². The molecule has 2 nitrogen and oxygen atoms in total. The Kier molecular flexibility index (Phi) is 3.40. The van der Waals surface area contributed by atoms with Crippen LogP contribution in [0.2, 0.25) is 0 Å². The van der Waals surface area contributed by atoms with E-state index in [-0.39, 0.29) is 12.4 Å². The molecule has 1 aliphatic heterocycles. The van der Waals surface area contributed by atoms with Gasteiger partial charge in [-0.2, -0.15) is 0 Å². The van der Waals surface area contributed by atoms with Crippen LogP contribution in [-0.4, -0.2) is 18.5 Å². The van der Waals surface area contributed by atoms with Crippen LogP contribution >= 0.6 is 12.4 Å². The maximum atomic E-state index is 5.77. The van der Waals surface area contributed by atoms with Crippen molar-refractivity contribution < 1.29 is 0 Å². The summed E-state index contributed by atoms with van der Waals surface area (Å²) >= 11 is 0. The zero-order valence-electron chi connectivity index (χ0n) is 8.66. The summed E-state index contributed by atoms with van der Waals surface area (Å²) in [5, 5.41) is 0. The van der Waals surface area contributed by atoms with Crippen LogP contribution in [0.4, 0.5) is 5.69 Å². The molecule has 0 saturated carbocycles. The molecule has 2 rings (SSSR count). The van der Waals surface area contributed by atoms with Crippen molar-refractivity contribution in [1.29, 1.82) is 0 Å². The highest BCUT2D eigenvalue weighted by Crippen LogP contribution is 2.29. The van der Waals surface area contributed by atoms with Gasteiger partial charge < -0.3 is 5.73 Å². The molecule has 0 spiro atoms. The fourth-order valence-corrected chi connectivity index (χ4v) is 1.96. The van der Waals surface area contributed by atoms with Gasteiger partial charge >= 0.3 is 0 Å². The van der Waals surface area contributed by atoms with Crippen LogP contribution in [0.1, 0.15) is 24.1 Å². The van der Waals surface area contributed by atoms with E-state index < -0.39 is 0 Å². The van der Waals surface area contributed by atoms with E-state index in [1.807, 2.05) is 6.07 Å². The summed E-state index contributed by atoms with van der Waals surface area (Å²) in [5.74, 6) is 0. The minimum Gasteiger partial charge on any atom is -0.399 e. The number of nitrogens with two attached hydrogens (primary N) is 1. The Morgan fingerprint density at radius 2 is 2.14 bits per heavy atom. The smallest absolute Gasteiger partial charge is 0.0320 e. The quantitative estimate of drug-likeness (QED) is 0.669. The van der Waals surface area contributed by atoms with Crippen LogP contribution in [0, 0.1) is 0 Å². The highest BCUT2D eigenvalue weighted by molar-refractivity contribution is 5.85. The summed E-state index contributed by atoms with van der Waals surface area (Å²) in [4.78, 5) is 2.36. The van der Waals surface area contributed by atoms with E-state index in [0.29, 0.717) is 6.04 Å². The fourth-order valence-electron chi connectivity index (χ4n) is 1.96. The van der Waals surface area contributed by atoms with E-state index >= 15 is 0 Å². The molecule has 3 heteroatoms. The number of anilines is 1. The minimum atomic E-state index is 0. The van der Waals surface area contributed by atoms with Crippen LogP contribution in [0.5, 0.6) is 0 Å². The van der Waals surface area contributed by atoms with Gasteiger partial charge in [-0.1, -0.05) is 6.07 Å². The molecule has 0 fully saturated rings. The van der Waals surface area contributed by atoms with Crippen LogP contribution in [-0.2, 0) is 6.42 Å². The molecule has 1 unspecified atom stereocenters. The van der Waals surface area contributed by atoms with Crippen molar-refractivity contribution in [2.45, 2.75) is 19.4 Å². The molecular formula is C11H17ClN2. The molecule has 0 aromatic heterocycles. The number of nitrogen functional groups attached to an aromatic ring is 1. The van der Waals surface area contributed by atoms with Crippen LogP contribution in [0.15, 0.2) is 18.2 Å². The zero-order valence-corrected chi connectivity index (χ0v) is 9.47. The summed E-state index contributed by atoms with van der Waals surface area (Å²) in [5.41, 5.74) is 9.50. The molecule has 14 heavy (non-hydrogen) atoms. The summed E-state index contributed by atoms with van der Waals surface area (Å²) in [6.45, 7) is 3.38. The van der Waals surface area contributed by atoms with Crippen molar-refractivity contribution in [2.75, 3.05) is 19.3 Å². The van der Waals surface area contributed by atoms with Crippen molar-refractivity contribution in [1.82, 2.24) is 4.90 Å². The lowest BCUT2D eigenvalue weighted by atomic mass is 9.93.